The maximum atomic E-state index is 7.32. The first-order valence-corrected chi connectivity index (χ1v) is 4.46. The van der Waals surface area contributed by atoms with Gasteiger partial charge in [0, 0.05) is 19.7 Å². The number of rotatable bonds is 1. The Morgan fingerprint density at radius 1 is 1.47 bits per heavy atom. The number of nitriles is 1. The number of hydrogen-bond acceptors (Lipinski definition) is 3. The van der Waals surface area contributed by atoms with Gasteiger partial charge in [-0.25, -0.2) is 0 Å². The van der Waals surface area contributed by atoms with Crippen LogP contribution in [0.2, 0.25) is 0 Å². The van der Waals surface area contributed by atoms with E-state index in [4.69, 9.17) is 11.0 Å². The van der Waals surface area contributed by atoms with E-state index in [0.717, 1.165) is 5.69 Å². The molecule has 15 heavy (non-hydrogen) atoms. The van der Waals surface area contributed by atoms with E-state index in [1.54, 1.807) is 13.0 Å². The van der Waals surface area contributed by atoms with Crippen molar-refractivity contribution in [3.05, 3.63) is 29.6 Å². The Balaban J connectivity index is 0. The molecule has 0 fully saturated rings. The molecule has 0 aliphatic carbocycles. The highest BCUT2D eigenvalue weighted by Crippen LogP contribution is 1.95. The molecule has 0 aromatic carbocycles. The van der Waals surface area contributed by atoms with E-state index in [9.17, 15) is 0 Å². The van der Waals surface area contributed by atoms with Gasteiger partial charge in [0.25, 0.3) is 0 Å². The molecule has 0 aliphatic heterocycles. The quantitative estimate of drug-likeness (QED) is 0.710. The van der Waals surface area contributed by atoms with Crippen LogP contribution in [0.5, 0.6) is 0 Å². The summed E-state index contributed by atoms with van der Waals surface area (Å²) in [5.41, 5.74) is 7.46. The van der Waals surface area contributed by atoms with Gasteiger partial charge in [-0.05, 0) is 25.5 Å². The summed E-state index contributed by atoms with van der Waals surface area (Å²) in [6, 6.07) is 5.70. The van der Waals surface area contributed by atoms with Gasteiger partial charge < -0.3 is 5.73 Å². The average Bonchev–Trinajstić information content (AvgIpc) is 2.21. The molecule has 0 atom stereocenters. The Hall–Kier alpha value is -1.84. The van der Waals surface area contributed by atoms with Gasteiger partial charge in [-0.1, -0.05) is 6.07 Å². The van der Waals surface area contributed by atoms with Crippen LogP contribution in [0.4, 0.5) is 0 Å². The molecule has 1 rings (SSSR count). The van der Waals surface area contributed by atoms with Crippen LogP contribution in [0.3, 0.4) is 0 Å². The number of nitrogens with zero attached hydrogens (tertiary/aromatic N) is 2. The highest BCUT2D eigenvalue weighted by Gasteiger charge is 1.86. The van der Waals surface area contributed by atoms with Crippen molar-refractivity contribution >= 4 is 0 Å². The molecule has 0 bridgehead atoms. The first kappa shape index (κ1) is 15.6. The van der Waals surface area contributed by atoms with E-state index in [2.05, 4.69) is 17.3 Å². The van der Waals surface area contributed by atoms with Crippen LogP contribution in [0, 0.1) is 30.6 Å². The lowest BCUT2D eigenvalue weighted by atomic mass is 10.3. The minimum absolute atomic E-state index is 0.528. The summed E-state index contributed by atoms with van der Waals surface area (Å²) >= 11 is 0. The van der Waals surface area contributed by atoms with Crippen LogP contribution in [0.1, 0.15) is 25.1 Å². The summed E-state index contributed by atoms with van der Waals surface area (Å²) in [7, 11) is 0. The number of hydrogen-bond donors (Lipinski definition) is 1. The summed E-state index contributed by atoms with van der Waals surface area (Å²) in [5.74, 6) is 2.25. The van der Waals surface area contributed by atoms with Crippen LogP contribution in [0.25, 0.3) is 0 Å². The summed E-state index contributed by atoms with van der Waals surface area (Å²) in [5, 5.41) is 7.32. The van der Waals surface area contributed by atoms with Crippen molar-refractivity contribution in [2.75, 3.05) is 0 Å². The predicted octanol–water partition coefficient (Wildman–Crippen LogP) is 2.02. The van der Waals surface area contributed by atoms with Crippen molar-refractivity contribution in [1.29, 1.82) is 5.26 Å². The number of pyridine rings is 1. The van der Waals surface area contributed by atoms with Crippen molar-refractivity contribution in [3.8, 4) is 18.4 Å². The monoisotopic (exact) mass is 203 g/mol. The third kappa shape index (κ3) is 12.2. The molecule has 1 aromatic heterocycles. The van der Waals surface area contributed by atoms with Gasteiger partial charge in [-0.2, -0.15) is 5.26 Å². The second-order valence-corrected chi connectivity index (χ2v) is 2.54. The molecular weight excluding hydrogens is 186 g/mol. The predicted molar refractivity (Wildman–Crippen MR) is 62.7 cm³/mol. The summed E-state index contributed by atoms with van der Waals surface area (Å²) in [6.07, 6.45) is 6.42. The second-order valence-electron chi connectivity index (χ2n) is 2.54. The maximum absolute atomic E-state index is 7.32. The molecule has 3 heteroatoms. The Morgan fingerprint density at radius 2 is 1.93 bits per heavy atom. The summed E-state index contributed by atoms with van der Waals surface area (Å²) in [4.78, 5) is 4.07. The molecular formula is C12H17N3. The largest absolute Gasteiger partial charge is 0.325 e. The van der Waals surface area contributed by atoms with Crippen molar-refractivity contribution in [2.45, 2.75) is 27.3 Å². The third-order valence-corrected chi connectivity index (χ3v) is 1.18. The summed E-state index contributed by atoms with van der Waals surface area (Å²) < 4.78 is 0. The fraction of sp³-hybridized carbons (Fsp3) is 0.333. The first-order chi connectivity index (χ1) is 7.15. The molecule has 0 saturated carbocycles. The van der Waals surface area contributed by atoms with E-state index in [1.165, 1.54) is 12.5 Å². The molecule has 0 unspecified atom stereocenters. The lowest BCUT2D eigenvalue weighted by Gasteiger charge is -1.93. The smallest absolute Gasteiger partial charge is 0.0587 e. The van der Waals surface area contributed by atoms with Gasteiger partial charge in [-0.15, -0.1) is 12.3 Å². The molecule has 80 valence electrons. The molecule has 0 aliphatic rings. The fourth-order valence-electron chi connectivity index (χ4n) is 0.619. The third-order valence-electron chi connectivity index (χ3n) is 1.18. The van der Waals surface area contributed by atoms with Crippen LogP contribution in [-0.2, 0) is 6.54 Å². The fourth-order valence-corrected chi connectivity index (χ4v) is 0.619. The van der Waals surface area contributed by atoms with Gasteiger partial charge in [0.1, 0.15) is 0 Å². The second kappa shape index (κ2) is 12.2. The highest BCUT2D eigenvalue weighted by molar-refractivity contribution is 5.11. The van der Waals surface area contributed by atoms with E-state index in [0.29, 0.717) is 6.54 Å². The minimum atomic E-state index is 0.528. The van der Waals surface area contributed by atoms with Crippen molar-refractivity contribution in [1.82, 2.24) is 4.98 Å². The van der Waals surface area contributed by atoms with Crippen LogP contribution in [0.15, 0.2) is 18.3 Å². The van der Waals surface area contributed by atoms with Crippen LogP contribution < -0.4 is 5.73 Å². The zero-order valence-electron chi connectivity index (χ0n) is 9.49. The van der Waals surface area contributed by atoms with E-state index < -0.39 is 0 Å². The Kier molecular flexibility index (Phi) is 12.7. The van der Waals surface area contributed by atoms with E-state index in [1.807, 2.05) is 25.3 Å². The van der Waals surface area contributed by atoms with Gasteiger partial charge in [0.2, 0.25) is 0 Å². The molecule has 2 N–H and O–H groups in total. The lowest BCUT2D eigenvalue weighted by molar-refractivity contribution is 0.984. The van der Waals surface area contributed by atoms with E-state index >= 15 is 0 Å². The van der Waals surface area contributed by atoms with Crippen LogP contribution in [-0.4, -0.2) is 4.98 Å². The topological polar surface area (TPSA) is 62.7 Å². The maximum Gasteiger partial charge on any atom is 0.0587 e. The number of aromatic nitrogens is 1. The minimum Gasteiger partial charge on any atom is -0.325 e. The van der Waals surface area contributed by atoms with Gasteiger partial charge in [0.05, 0.1) is 11.8 Å². The summed E-state index contributed by atoms with van der Waals surface area (Å²) in [6.45, 7) is 5.62. The van der Waals surface area contributed by atoms with Gasteiger partial charge >= 0.3 is 0 Å². The van der Waals surface area contributed by atoms with Crippen molar-refractivity contribution in [2.24, 2.45) is 5.73 Å². The highest BCUT2D eigenvalue weighted by atomic mass is 14.7. The Morgan fingerprint density at radius 3 is 2.20 bits per heavy atom. The molecule has 0 amide bonds. The Bertz CT molecular complexity index is 302. The standard InChI is InChI=1S/C7H10N2.C3H4.C2H3N/c1-6-2-3-7(4-8)9-5-6;1-3-2;1-2-3/h2-3,5H,4,8H2,1H3;1H,2H3;1H3. The van der Waals surface area contributed by atoms with Crippen LogP contribution >= 0.6 is 0 Å². The molecule has 0 spiro atoms. The average molecular weight is 203 g/mol. The first-order valence-electron chi connectivity index (χ1n) is 4.46. The number of nitrogens with two attached hydrogens (primary N) is 1. The Labute approximate surface area is 91.9 Å². The number of terminal acetylenes is 1. The lowest BCUT2D eigenvalue weighted by Crippen LogP contribution is -1.98. The van der Waals surface area contributed by atoms with E-state index in [-0.39, 0.29) is 0 Å². The molecule has 0 radical (unpaired) electrons. The molecule has 1 heterocycles. The number of aryl methyl sites for hydroxylation is 1. The normalized spacial score (nSPS) is 6.80. The zero-order chi connectivity index (χ0) is 12.1. The van der Waals surface area contributed by atoms with Gasteiger partial charge in [-0.3, -0.25) is 4.98 Å². The van der Waals surface area contributed by atoms with Crippen molar-refractivity contribution < 1.29 is 0 Å². The molecule has 1 aromatic rings. The zero-order valence-corrected chi connectivity index (χ0v) is 9.49. The molecule has 0 saturated heterocycles. The van der Waals surface area contributed by atoms with Gasteiger partial charge in [0.15, 0.2) is 0 Å². The molecule has 3 nitrogen and oxygen atoms in total. The SMILES string of the molecule is C#CC.CC#N.Cc1ccc(CN)nc1. The van der Waals surface area contributed by atoms with Crippen molar-refractivity contribution in [3.63, 3.8) is 0 Å².